The number of hydrogen-bond donors (Lipinski definition) is 0. The average molecular weight is 227 g/mol. The number of likely N-dealkylation sites (N-methyl/N-ethyl adjacent to an activating group) is 1. The number of amides is 1. The van der Waals surface area contributed by atoms with Gasteiger partial charge in [-0.1, -0.05) is 0 Å². The van der Waals surface area contributed by atoms with E-state index < -0.39 is 5.97 Å². The van der Waals surface area contributed by atoms with Gasteiger partial charge in [-0.3, -0.25) is 9.59 Å². The van der Waals surface area contributed by atoms with Gasteiger partial charge in [-0.05, 0) is 19.1 Å². The molecule has 1 aromatic rings. The van der Waals surface area contributed by atoms with E-state index in [0.717, 1.165) is 4.88 Å². The zero-order valence-corrected chi connectivity index (χ0v) is 9.76. The smallest absolute Gasteiger partial charge is 0.325 e. The van der Waals surface area contributed by atoms with Gasteiger partial charge in [0.1, 0.15) is 6.54 Å². The highest BCUT2D eigenvalue weighted by Gasteiger charge is 2.16. The fourth-order valence-electron chi connectivity index (χ4n) is 1.07. The normalized spacial score (nSPS) is 9.80. The molecule has 1 rings (SSSR count). The van der Waals surface area contributed by atoms with Gasteiger partial charge in [-0.25, -0.2) is 0 Å². The Balaban J connectivity index is 2.64. The number of carbonyl (C=O) groups is 2. The summed E-state index contributed by atoms with van der Waals surface area (Å²) in [6.45, 7) is 1.91. The molecule has 1 amide bonds. The van der Waals surface area contributed by atoms with E-state index in [1.807, 2.05) is 13.0 Å². The van der Waals surface area contributed by atoms with Gasteiger partial charge in [0.25, 0.3) is 5.91 Å². The fourth-order valence-corrected chi connectivity index (χ4v) is 1.93. The Hall–Kier alpha value is -1.36. The lowest BCUT2D eigenvalue weighted by molar-refractivity contribution is -0.141. The highest BCUT2D eigenvalue weighted by molar-refractivity contribution is 7.13. The number of ether oxygens (including phenoxy) is 1. The first-order valence-electron chi connectivity index (χ1n) is 4.43. The fraction of sp³-hybridized carbons (Fsp3) is 0.400. The Morgan fingerprint density at radius 2 is 2.13 bits per heavy atom. The Bertz CT molecular complexity index is 372. The minimum atomic E-state index is -0.417. The maximum absolute atomic E-state index is 11.7. The number of esters is 1. The van der Waals surface area contributed by atoms with E-state index in [9.17, 15) is 9.59 Å². The van der Waals surface area contributed by atoms with Crippen molar-refractivity contribution in [3.63, 3.8) is 0 Å². The number of thiophene rings is 1. The Kier molecular flexibility index (Phi) is 3.85. The third kappa shape index (κ3) is 3.06. The van der Waals surface area contributed by atoms with Gasteiger partial charge >= 0.3 is 5.97 Å². The molecule has 0 saturated heterocycles. The van der Waals surface area contributed by atoms with Crippen LogP contribution in [0.25, 0.3) is 0 Å². The zero-order valence-electron chi connectivity index (χ0n) is 8.94. The highest BCUT2D eigenvalue weighted by Crippen LogP contribution is 2.16. The number of nitrogens with zero attached hydrogens (tertiary/aromatic N) is 1. The lowest BCUT2D eigenvalue weighted by Gasteiger charge is -2.14. The summed E-state index contributed by atoms with van der Waals surface area (Å²) in [6.07, 6.45) is 0. The quantitative estimate of drug-likeness (QED) is 0.731. The SMILES string of the molecule is COC(=O)CN(C)C(=O)c1ccc(C)s1. The van der Waals surface area contributed by atoms with Crippen LogP contribution in [0.15, 0.2) is 12.1 Å². The molecule has 0 aliphatic heterocycles. The summed E-state index contributed by atoms with van der Waals surface area (Å²) in [6, 6.07) is 3.64. The Morgan fingerprint density at radius 3 is 2.60 bits per heavy atom. The van der Waals surface area contributed by atoms with Crippen LogP contribution < -0.4 is 0 Å². The summed E-state index contributed by atoms with van der Waals surface area (Å²) in [5, 5.41) is 0. The van der Waals surface area contributed by atoms with Crippen molar-refractivity contribution in [2.45, 2.75) is 6.92 Å². The van der Waals surface area contributed by atoms with Crippen LogP contribution in [0.4, 0.5) is 0 Å². The second-order valence-corrected chi connectivity index (χ2v) is 4.44. The lowest BCUT2D eigenvalue weighted by atomic mass is 10.4. The molecule has 0 saturated carbocycles. The maximum atomic E-state index is 11.7. The van der Waals surface area contributed by atoms with Crippen molar-refractivity contribution < 1.29 is 14.3 Å². The molecule has 15 heavy (non-hydrogen) atoms. The van der Waals surface area contributed by atoms with Crippen LogP contribution in [0, 0.1) is 6.92 Å². The lowest BCUT2D eigenvalue weighted by Crippen LogP contribution is -2.32. The monoisotopic (exact) mass is 227 g/mol. The van der Waals surface area contributed by atoms with Crippen molar-refractivity contribution in [2.75, 3.05) is 20.7 Å². The van der Waals surface area contributed by atoms with E-state index in [4.69, 9.17) is 0 Å². The first-order chi connectivity index (χ1) is 7.04. The zero-order chi connectivity index (χ0) is 11.4. The van der Waals surface area contributed by atoms with Crippen LogP contribution in [0.2, 0.25) is 0 Å². The minimum Gasteiger partial charge on any atom is -0.468 e. The van der Waals surface area contributed by atoms with Gasteiger partial charge in [0.2, 0.25) is 0 Å². The van der Waals surface area contributed by atoms with Crippen LogP contribution >= 0.6 is 11.3 Å². The number of aryl methyl sites for hydroxylation is 1. The van der Waals surface area contributed by atoms with Crippen LogP contribution in [0.1, 0.15) is 14.5 Å². The largest absolute Gasteiger partial charge is 0.468 e. The standard InChI is InChI=1S/C10H13NO3S/c1-7-4-5-8(15-7)10(13)11(2)6-9(12)14-3/h4-5H,6H2,1-3H3. The van der Waals surface area contributed by atoms with Crippen LogP contribution in [0.5, 0.6) is 0 Å². The summed E-state index contributed by atoms with van der Waals surface area (Å²) < 4.78 is 4.48. The van der Waals surface area contributed by atoms with Crippen molar-refractivity contribution in [1.82, 2.24) is 4.90 Å². The van der Waals surface area contributed by atoms with Crippen molar-refractivity contribution >= 4 is 23.2 Å². The molecule has 0 bridgehead atoms. The Labute approximate surface area is 92.5 Å². The van der Waals surface area contributed by atoms with E-state index in [-0.39, 0.29) is 12.5 Å². The van der Waals surface area contributed by atoms with Crippen LogP contribution in [0.3, 0.4) is 0 Å². The van der Waals surface area contributed by atoms with Crippen molar-refractivity contribution in [3.8, 4) is 0 Å². The second kappa shape index (κ2) is 4.93. The van der Waals surface area contributed by atoms with Gasteiger partial charge in [0, 0.05) is 11.9 Å². The molecule has 0 radical (unpaired) electrons. The molecule has 0 atom stereocenters. The number of hydrogen-bond acceptors (Lipinski definition) is 4. The van der Waals surface area contributed by atoms with E-state index in [0.29, 0.717) is 4.88 Å². The predicted molar refractivity (Wildman–Crippen MR) is 58.0 cm³/mol. The maximum Gasteiger partial charge on any atom is 0.325 e. The summed E-state index contributed by atoms with van der Waals surface area (Å²) in [4.78, 5) is 25.7. The molecular formula is C10H13NO3S. The van der Waals surface area contributed by atoms with Crippen molar-refractivity contribution in [3.05, 3.63) is 21.9 Å². The second-order valence-electron chi connectivity index (χ2n) is 3.15. The van der Waals surface area contributed by atoms with Gasteiger partial charge in [-0.15, -0.1) is 11.3 Å². The summed E-state index contributed by atoms with van der Waals surface area (Å²) in [7, 11) is 2.88. The summed E-state index contributed by atoms with van der Waals surface area (Å²) in [5.41, 5.74) is 0. The van der Waals surface area contributed by atoms with Crippen molar-refractivity contribution in [1.29, 1.82) is 0 Å². The third-order valence-corrected chi connectivity index (χ3v) is 2.88. The van der Waals surface area contributed by atoms with E-state index >= 15 is 0 Å². The molecule has 5 heteroatoms. The molecule has 0 N–H and O–H groups in total. The molecular weight excluding hydrogens is 214 g/mol. The summed E-state index contributed by atoms with van der Waals surface area (Å²) in [5.74, 6) is -0.572. The molecule has 0 spiro atoms. The first kappa shape index (κ1) is 11.7. The molecule has 0 aliphatic carbocycles. The molecule has 0 unspecified atom stereocenters. The molecule has 0 aliphatic rings. The molecule has 4 nitrogen and oxygen atoms in total. The first-order valence-corrected chi connectivity index (χ1v) is 5.25. The predicted octanol–water partition coefficient (Wildman–Crippen LogP) is 1.30. The van der Waals surface area contributed by atoms with Gasteiger partial charge < -0.3 is 9.64 Å². The number of rotatable bonds is 3. The van der Waals surface area contributed by atoms with Gasteiger partial charge in [0.15, 0.2) is 0 Å². The molecule has 1 aromatic heterocycles. The van der Waals surface area contributed by atoms with E-state index in [1.165, 1.54) is 23.3 Å². The molecule has 1 heterocycles. The van der Waals surface area contributed by atoms with Crippen molar-refractivity contribution in [2.24, 2.45) is 0 Å². The van der Waals surface area contributed by atoms with Crippen LogP contribution in [-0.2, 0) is 9.53 Å². The molecule has 0 fully saturated rings. The highest BCUT2D eigenvalue weighted by atomic mass is 32.1. The average Bonchev–Trinajstić information content (AvgIpc) is 2.63. The van der Waals surface area contributed by atoms with E-state index in [1.54, 1.807) is 13.1 Å². The molecule has 82 valence electrons. The third-order valence-electron chi connectivity index (χ3n) is 1.89. The number of methoxy groups -OCH3 is 1. The number of carbonyl (C=O) groups excluding carboxylic acids is 2. The minimum absolute atomic E-state index is 0.0215. The van der Waals surface area contributed by atoms with Gasteiger partial charge in [0.05, 0.1) is 12.0 Å². The Morgan fingerprint density at radius 1 is 1.47 bits per heavy atom. The van der Waals surface area contributed by atoms with E-state index in [2.05, 4.69) is 4.74 Å². The van der Waals surface area contributed by atoms with Crippen LogP contribution in [-0.4, -0.2) is 37.5 Å². The summed E-state index contributed by atoms with van der Waals surface area (Å²) >= 11 is 1.42. The molecule has 0 aromatic carbocycles. The van der Waals surface area contributed by atoms with Gasteiger partial charge in [-0.2, -0.15) is 0 Å². The topological polar surface area (TPSA) is 46.6 Å².